The number of aliphatic carboxylic acids is 1. The van der Waals surface area contributed by atoms with Crippen LogP contribution in [0.25, 0.3) is 5.32 Å². The number of likely N-dealkylation sites (N-methyl/N-ethyl adjacent to an activating group) is 1. The third-order valence-corrected chi connectivity index (χ3v) is 1.64. The number of carbonyl (C=O) groups is 2. The van der Waals surface area contributed by atoms with E-state index >= 15 is 0 Å². The minimum Gasteiger partial charge on any atom is -0.643 e. The Balaban J connectivity index is 0. The van der Waals surface area contributed by atoms with Crippen LogP contribution in [0.15, 0.2) is 0 Å². The van der Waals surface area contributed by atoms with Crippen LogP contribution in [0.4, 0.5) is 0 Å². The van der Waals surface area contributed by atoms with Gasteiger partial charge in [0, 0.05) is 6.54 Å². The van der Waals surface area contributed by atoms with Crippen molar-refractivity contribution in [1.82, 2.24) is 4.90 Å². The third-order valence-electron chi connectivity index (χ3n) is 1.64. The van der Waals surface area contributed by atoms with E-state index in [1.807, 2.05) is 18.7 Å². The van der Waals surface area contributed by atoms with Crippen LogP contribution in [0.3, 0.4) is 0 Å². The van der Waals surface area contributed by atoms with Crippen LogP contribution < -0.4 is 0 Å². The first-order valence-electron chi connectivity index (χ1n) is 4.24. The summed E-state index contributed by atoms with van der Waals surface area (Å²) in [6.07, 6.45) is 0. The number of amides is 1. The molecule has 0 aliphatic rings. The SMILES string of the molecule is CCN(CC)CC(=O)[N-]CC(=O)O.[Cu+]. The maximum absolute atomic E-state index is 11.0. The van der Waals surface area contributed by atoms with Crippen LogP contribution in [-0.4, -0.2) is 48.1 Å². The Bertz CT molecular complexity index is 183. The molecule has 0 fully saturated rings. The zero-order chi connectivity index (χ0) is 10.3. The van der Waals surface area contributed by atoms with Gasteiger partial charge in [-0.1, -0.05) is 13.8 Å². The molecule has 0 aromatic carbocycles. The van der Waals surface area contributed by atoms with Crippen LogP contribution >= 0.6 is 0 Å². The summed E-state index contributed by atoms with van der Waals surface area (Å²) < 4.78 is 0. The van der Waals surface area contributed by atoms with E-state index in [0.29, 0.717) is 0 Å². The van der Waals surface area contributed by atoms with Gasteiger partial charge in [-0.05, 0) is 19.6 Å². The zero-order valence-corrected chi connectivity index (χ0v) is 9.23. The fourth-order valence-electron chi connectivity index (χ4n) is 0.844. The summed E-state index contributed by atoms with van der Waals surface area (Å²) in [5.74, 6) is -1.45. The van der Waals surface area contributed by atoms with Crippen LogP contribution in [0.2, 0.25) is 0 Å². The number of carbonyl (C=O) groups excluding carboxylic acids is 1. The van der Waals surface area contributed by atoms with Gasteiger partial charge in [0.25, 0.3) is 5.97 Å². The average Bonchev–Trinajstić information content (AvgIpc) is 2.10. The van der Waals surface area contributed by atoms with Crippen molar-refractivity contribution in [1.29, 1.82) is 0 Å². The number of hydrogen-bond donors (Lipinski definition) is 1. The van der Waals surface area contributed by atoms with E-state index in [-0.39, 0.29) is 29.5 Å². The van der Waals surface area contributed by atoms with Gasteiger partial charge in [-0.25, -0.2) is 0 Å². The number of rotatable bonds is 6. The quantitative estimate of drug-likeness (QED) is 0.689. The second kappa shape index (κ2) is 8.99. The summed E-state index contributed by atoms with van der Waals surface area (Å²) in [6, 6.07) is 0. The molecule has 0 heterocycles. The summed E-state index contributed by atoms with van der Waals surface area (Å²) in [4.78, 5) is 23.0. The van der Waals surface area contributed by atoms with E-state index in [9.17, 15) is 9.59 Å². The smallest absolute Gasteiger partial charge is 0.643 e. The topological polar surface area (TPSA) is 71.7 Å². The molecule has 0 aliphatic carbocycles. The molecule has 0 aromatic rings. The van der Waals surface area contributed by atoms with Crippen LogP contribution in [-0.2, 0) is 26.7 Å². The second-order valence-electron chi connectivity index (χ2n) is 2.57. The standard InChI is InChI=1S/C8H16N2O3.Cu/c1-3-10(4-2)6-7(11)9-5-8(12)13;/h3-6H2,1-2H3,(H2,9,11,12,13);/q;+1/p-1. The molecule has 0 aliphatic heterocycles. The Morgan fingerprint density at radius 1 is 1.29 bits per heavy atom. The van der Waals surface area contributed by atoms with Gasteiger partial charge in [0.2, 0.25) is 0 Å². The van der Waals surface area contributed by atoms with Gasteiger partial charge in [0.05, 0.1) is 5.91 Å². The van der Waals surface area contributed by atoms with Crippen molar-refractivity contribution >= 4 is 11.9 Å². The van der Waals surface area contributed by atoms with Gasteiger partial charge in [-0.15, -0.1) is 0 Å². The largest absolute Gasteiger partial charge is 1.00 e. The first-order chi connectivity index (χ1) is 6.10. The van der Waals surface area contributed by atoms with Crippen molar-refractivity contribution in [2.75, 3.05) is 26.2 Å². The maximum atomic E-state index is 11.0. The summed E-state index contributed by atoms with van der Waals surface area (Å²) in [5.41, 5.74) is 0. The molecule has 6 heteroatoms. The predicted molar refractivity (Wildman–Crippen MR) is 48.7 cm³/mol. The fraction of sp³-hybridized carbons (Fsp3) is 0.750. The average molecular weight is 251 g/mol. The van der Waals surface area contributed by atoms with Crippen molar-refractivity contribution in [3.05, 3.63) is 5.32 Å². The Morgan fingerprint density at radius 3 is 2.14 bits per heavy atom. The molecule has 0 rings (SSSR count). The molecular weight excluding hydrogens is 236 g/mol. The van der Waals surface area contributed by atoms with Gasteiger partial charge in [-0.2, -0.15) is 0 Å². The molecule has 0 radical (unpaired) electrons. The first-order valence-corrected chi connectivity index (χ1v) is 4.24. The van der Waals surface area contributed by atoms with Crippen LogP contribution in [0.5, 0.6) is 0 Å². The molecule has 0 bridgehead atoms. The Morgan fingerprint density at radius 2 is 1.79 bits per heavy atom. The van der Waals surface area contributed by atoms with E-state index < -0.39 is 12.5 Å². The van der Waals surface area contributed by atoms with E-state index in [2.05, 4.69) is 5.32 Å². The molecule has 0 spiro atoms. The molecule has 5 nitrogen and oxygen atoms in total. The van der Waals surface area contributed by atoms with Gasteiger partial charge >= 0.3 is 17.1 Å². The van der Waals surface area contributed by atoms with E-state index in [1.165, 1.54) is 0 Å². The molecule has 1 amide bonds. The molecule has 14 heavy (non-hydrogen) atoms. The minimum atomic E-state index is -1.08. The van der Waals surface area contributed by atoms with Crippen molar-refractivity contribution in [2.24, 2.45) is 0 Å². The van der Waals surface area contributed by atoms with Crippen molar-refractivity contribution < 1.29 is 31.8 Å². The molecule has 0 saturated heterocycles. The Hall–Kier alpha value is -0.581. The zero-order valence-electron chi connectivity index (χ0n) is 8.29. The van der Waals surface area contributed by atoms with E-state index in [4.69, 9.17) is 5.11 Å². The molecule has 0 unspecified atom stereocenters. The second-order valence-corrected chi connectivity index (χ2v) is 2.57. The van der Waals surface area contributed by atoms with Gasteiger partial charge < -0.3 is 15.2 Å². The Labute approximate surface area is 94.3 Å². The fourth-order valence-corrected chi connectivity index (χ4v) is 0.844. The van der Waals surface area contributed by atoms with Gasteiger partial charge in [-0.3, -0.25) is 9.69 Å². The molecule has 0 atom stereocenters. The summed E-state index contributed by atoms with van der Waals surface area (Å²) in [6.45, 7) is 5.19. The molecule has 86 valence electrons. The van der Waals surface area contributed by atoms with Gasteiger partial charge in [0.15, 0.2) is 0 Å². The van der Waals surface area contributed by atoms with Crippen LogP contribution in [0, 0.1) is 0 Å². The molecule has 0 aromatic heterocycles. The van der Waals surface area contributed by atoms with Gasteiger partial charge in [0.1, 0.15) is 0 Å². The summed E-state index contributed by atoms with van der Waals surface area (Å²) in [7, 11) is 0. The molecule has 1 N–H and O–H groups in total. The first kappa shape index (κ1) is 15.9. The maximum Gasteiger partial charge on any atom is 1.00 e. The predicted octanol–water partition coefficient (Wildman–Crippen LogP) is 0.311. The number of carboxylic acids is 1. The summed E-state index contributed by atoms with van der Waals surface area (Å²) in [5, 5.41) is 11.6. The van der Waals surface area contributed by atoms with Crippen molar-refractivity contribution in [2.45, 2.75) is 13.8 Å². The Kier molecular flexibility index (Phi) is 10.2. The summed E-state index contributed by atoms with van der Waals surface area (Å²) >= 11 is 0. The van der Waals surface area contributed by atoms with E-state index in [0.717, 1.165) is 13.1 Å². The molecular formula is C8H15CuN2O3. The number of hydrogen-bond acceptors (Lipinski definition) is 3. The monoisotopic (exact) mass is 250 g/mol. The number of nitrogens with zero attached hydrogens (tertiary/aromatic N) is 2. The number of carboxylic acid groups (broad SMARTS) is 1. The van der Waals surface area contributed by atoms with Crippen molar-refractivity contribution in [3.63, 3.8) is 0 Å². The van der Waals surface area contributed by atoms with E-state index in [1.54, 1.807) is 0 Å². The molecule has 0 saturated carbocycles. The third kappa shape index (κ3) is 8.04. The minimum absolute atomic E-state index is 0. The van der Waals surface area contributed by atoms with Crippen LogP contribution in [0.1, 0.15) is 13.8 Å². The van der Waals surface area contributed by atoms with Crippen molar-refractivity contribution in [3.8, 4) is 0 Å². The normalized spacial score (nSPS) is 9.36.